The van der Waals surface area contributed by atoms with E-state index in [1.54, 1.807) is 0 Å². The molecule has 0 aliphatic rings. The standard InChI is InChI=1S/C11H23N3O3/c1-4-5-9-17-11(16)13-12-10(15)7-6-8-14(2)3/h4-9H2,1-3H3,(H,12,15)(H,13,16). The van der Waals surface area contributed by atoms with Crippen LogP contribution in [-0.4, -0.2) is 44.1 Å². The van der Waals surface area contributed by atoms with E-state index in [2.05, 4.69) is 10.9 Å². The largest absolute Gasteiger partial charge is 0.448 e. The fraction of sp³-hybridized carbons (Fsp3) is 0.818. The van der Waals surface area contributed by atoms with Gasteiger partial charge in [0, 0.05) is 6.42 Å². The number of rotatable bonds is 7. The third-order valence-electron chi connectivity index (χ3n) is 2.04. The predicted octanol–water partition coefficient (Wildman–Crippen LogP) is 0.886. The minimum absolute atomic E-state index is 0.209. The molecule has 2 N–H and O–H groups in total. The summed E-state index contributed by atoms with van der Waals surface area (Å²) in [6.07, 6.45) is 2.31. The molecule has 0 radical (unpaired) electrons. The third-order valence-corrected chi connectivity index (χ3v) is 2.04. The third kappa shape index (κ3) is 11.0. The van der Waals surface area contributed by atoms with Crippen molar-refractivity contribution in [3.63, 3.8) is 0 Å². The van der Waals surface area contributed by atoms with Crippen molar-refractivity contribution in [3.05, 3.63) is 0 Å². The van der Waals surface area contributed by atoms with Crippen LogP contribution < -0.4 is 10.9 Å². The van der Waals surface area contributed by atoms with Crippen molar-refractivity contribution < 1.29 is 14.3 Å². The summed E-state index contributed by atoms with van der Waals surface area (Å²) in [5.74, 6) is -0.209. The number of nitrogens with zero attached hydrogens (tertiary/aromatic N) is 1. The molecule has 0 atom stereocenters. The maximum Gasteiger partial charge on any atom is 0.426 e. The van der Waals surface area contributed by atoms with Crippen molar-refractivity contribution >= 4 is 12.0 Å². The van der Waals surface area contributed by atoms with E-state index in [4.69, 9.17) is 4.74 Å². The van der Waals surface area contributed by atoms with Gasteiger partial charge in [0.05, 0.1) is 6.61 Å². The Balaban J connectivity index is 3.45. The van der Waals surface area contributed by atoms with Gasteiger partial charge in [-0.05, 0) is 33.5 Å². The lowest BCUT2D eigenvalue weighted by Crippen LogP contribution is -2.42. The molecule has 0 aliphatic heterocycles. The normalized spacial score (nSPS) is 10.1. The van der Waals surface area contributed by atoms with Crippen molar-refractivity contribution in [1.29, 1.82) is 0 Å². The number of unbranched alkanes of at least 4 members (excludes halogenated alkanes) is 1. The summed E-state index contributed by atoms with van der Waals surface area (Å²) >= 11 is 0. The Labute approximate surface area is 103 Å². The van der Waals surface area contributed by atoms with Crippen molar-refractivity contribution in [3.8, 4) is 0 Å². The molecule has 0 saturated carbocycles. The minimum atomic E-state index is -0.612. The molecule has 0 aromatic rings. The fourth-order valence-corrected chi connectivity index (χ4v) is 1.08. The molecule has 0 fully saturated rings. The summed E-state index contributed by atoms with van der Waals surface area (Å²) in [6.45, 7) is 3.22. The van der Waals surface area contributed by atoms with E-state index >= 15 is 0 Å². The number of hydrogen-bond acceptors (Lipinski definition) is 4. The van der Waals surface area contributed by atoms with Crippen molar-refractivity contribution in [2.45, 2.75) is 32.6 Å². The summed E-state index contributed by atoms with van der Waals surface area (Å²) in [5, 5.41) is 0. The van der Waals surface area contributed by atoms with Gasteiger partial charge in [0.15, 0.2) is 0 Å². The molecule has 0 saturated heterocycles. The summed E-state index contributed by atoms with van der Waals surface area (Å²) in [4.78, 5) is 24.3. The van der Waals surface area contributed by atoms with Gasteiger partial charge >= 0.3 is 6.09 Å². The predicted molar refractivity (Wildman–Crippen MR) is 65.3 cm³/mol. The molecule has 0 aliphatic carbocycles. The van der Waals surface area contributed by atoms with E-state index in [1.165, 1.54) is 0 Å². The zero-order valence-electron chi connectivity index (χ0n) is 10.9. The van der Waals surface area contributed by atoms with Crippen LogP contribution in [0.1, 0.15) is 32.6 Å². The molecule has 0 heterocycles. The van der Waals surface area contributed by atoms with Crippen LogP contribution in [0, 0.1) is 0 Å². The Morgan fingerprint density at radius 3 is 2.47 bits per heavy atom. The Hall–Kier alpha value is -1.30. The summed E-state index contributed by atoms with van der Waals surface area (Å²) < 4.78 is 4.80. The molecule has 100 valence electrons. The molecule has 0 aromatic heterocycles. The van der Waals surface area contributed by atoms with Gasteiger partial charge in [0.25, 0.3) is 0 Å². The Morgan fingerprint density at radius 1 is 1.18 bits per heavy atom. The lowest BCUT2D eigenvalue weighted by atomic mass is 10.3. The molecule has 17 heavy (non-hydrogen) atoms. The van der Waals surface area contributed by atoms with E-state index in [0.29, 0.717) is 13.0 Å². The summed E-state index contributed by atoms with van der Waals surface area (Å²) in [5.41, 5.74) is 4.51. The van der Waals surface area contributed by atoms with Gasteiger partial charge < -0.3 is 9.64 Å². The molecule has 2 amide bonds. The topological polar surface area (TPSA) is 70.7 Å². The zero-order chi connectivity index (χ0) is 13.1. The zero-order valence-corrected chi connectivity index (χ0v) is 10.9. The van der Waals surface area contributed by atoms with Crippen LogP contribution in [0.25, 0.3) is 0 Å². The van der Waals surface area contributed by atoms with E-state index in [0.717, 1.165) is 25.8 Å². The van der Waals surface area contributed by atoms with Crippen molar-refractivity contribution in [1.82, 2.24) is 15.8 Å². The molecular formula is C11H23N3O3. The van der Waals surface area contributed by atoms with Crippen LogP contribution in [0.3, 0.4) is 0 Å². The van der Waals surface area contributed by atoms with Gasteiger partial charge in [0.1, 0.15) is 0 Å². The monoisotopic (exact) mass is 245 g/mol. The van der Waals surface area contributed by atoms with Gasteiger partial charge in [-0.3, -0.25) is 10.2 Å². The molecule has 0 spiro atoms. The lowest BCUT2D eigenvalue weighted by molar-refractivity contribution is -0.122. The SMILES string of the molecule is CCCCOC(=O)NNC(=O)CCCN(C)C. The second-order valence-electron chi connectivity index (χ2n) is 4.07. The highest BCUT2D eigenvalue weighted by Gasteiger charge is 2.04. The Bertz CT molecular complexity index is 232. The van der Waals surface area contributed by atoms with E-state index < -0.39 is 6.09 Å². The molecule has 0 aromatic carbocycles. The van der Waals surface area contributed by atoms with Gasteiger partial charge in [-0.2, -0.15) is 0 Å². The number of carbonyl (C=O) groups excluding carboxylic acids is 2. The molecule has 0 rings (SSSR count). The molecule has 6 heteroatoms. The van der Waals surface area contributed by atoms with Gasteiger partial charge in [-0.25, -0.2) is 10.2 Å². The summed E-state index contributed by atoms with van der Waals surface area (Å²) in [6, 6.07) is 0. The Kier molecular flexibility index (Phi) is 9.14. The first-order valence-corrected chi connectivity index (χ1v) is 5.92. The van der Waals surface area contributed by atoms with E-state index in [9.17, 15) is 9.59 Å². The average Bonchev–Trinajstić information content (AvgIpc) is 2.26. The average molecular weight is 245 g/mol. The quantitative estimate of drug-likeness (QED) is 0.516. The smallest absolute Gasteiger partial charge is 0.426 e. The first kappa shape index (κ1) is 15.7. The van der Waals surface area contributed by atoms with Crippen LogP contribution in [-0.2, 0) is 9.53 Å². The maximum absolute atomic E-state index is 11.3. The van der Waals surface area contributed by atoms with Crippen LogP contribution in [0.5, 0.6) is 0 Å². The van der Waals surface area contributed by atoms with E-state index in [1.807, 2.05) is 25.9 Å². The second kappa shape index (κ2) is 9.89. The van der Waals surface area contributed by atoms with Crippen LogP contribution in [0.2, 0.25) is 0 Å². The van der Waals surface area contributed by atoms with Gasteiger partial charge in [-0.15, -0.1) is 0 Å². The summed E-state index contributed by atoms with van der Waals surface area (Å²) in [7, 11) is 3.89. The first-order valence-electron chi connectivity index (χ1n) is 5.92. The number of amides is 2. The van der Waals surface area contributed by atoms with Crippen LogP contribution in [0.15, 0.2) is 0 Å². The Morgan fingerprint density at radius 2 is 1.88 bits per heavy atom. The second-order valence-corrected chi connectivity index (χ2v) is 4.07. The molecule has 0 bridgehead atoms. The number of hydrogen-bond donors (Lipinski definition) is 2. The van der Waals surface area contributed by atoms with Gasteiger partial charge in [-0.1, -0.05) is 13.3 Å². The van der Waals surface area contributed by atoms with Crippen LogP contribution in [0.4, 0.5) is 4.79 Å². The van der Waals surface area contributed by atoms with Crippen LogP contribution >= 0.6 is 0 Å². The molecular weight excluding hydrogens is 222 g/mol. The van der Waals surface area contributed by atoms with E-state index in [-0.39, 0.29) is 5.91 Å². The van der Waals surface area contributed by atoms with Crippen molar-refractivity contribution in [2.24, 2.45) is 0 Å². The highest BCUT2D eigenvalue weighted by molar-refractivity contribution is 5.78. The number of nitrogens with one attached hydrogen (secondary N) is 2. The maximum atomic E-state index is 11.3. The highest BCUT2D eigenvalue weighted by atomic mass is 16.6. The first-order chi connectivity index (χ1) is 8.06. The highest BCUT2D eigenvalue weighted by Crippen LogP contribution is 1.90. The number of ether oxygens (including phenoxy) is 1. The van der Waals surface area contributed by atoms with Crippen molar-refractivity contribution in [2.75, 3.05) is 27.2 Å². The minimum Gasteiger partial charge on any atom is -0.448 e. The van der Waals surface area contributed by atoms with Gasteiger partial charge in [0.2, 0.25) is 5.91 Å². The number of carbonyl (C=O) groups is 2. The molecule has 6 nitrogen and oxygen atoms in total. The fourth-order valence-electron chi connectivity index (χ4n) is 1.08. The lowest BCUT2D eigenvalue weighted by Gasteiger charge is -2.10. The number of hydrazine groups is 1. The molecule has 0 unspecified atom stereocenters.